The van der Waals surface area contributed by atoms with Gasteiger partial charge in [0.1, 0.15) is 0 Å². The molecule has 2 aliphatic carbocycles. The summed E-state index contributed by atoms with van der Waals surface area (Å²) in [5.74, 6) is -2.19. The molecular weight excluding hydrogens is 807 g/mol. The number of anilines is 2. The molecule has 0 spiro atoms. The van der Waals surface area contributed by atoms with E-state index in [1.165, 1.54) is 0 Å². The number of carbonyl (C=O) groups excluding carboxylic acids is 2. The minimum Gasteiger partial charge on any atom is -0.481 e. The summed E-state index contributed by atoms with van der Waals surface area (Å²) in [6.45, 7) is 4.45. The van der Waals surface area contributed by atoms with Gasteiger partial charge in [0, 0.05) is 49.9 Å². The molecule has 0 radical (unpaired) electrons. The molecule has 4 aromatic rings. The van der Waals surface area contributed by atoms with Crippen LogP contribution in [-0.2, 0) is 36.1 Å². The number of carboxylic acid groups (broad SMARTS) is 2. The zero-order valence-electron chi connectivity index (χ0n) is 33.7. The topological polar surface area (TPSA) is 175 Å². The zero-order chi connectivity index (χ0) is 41.9. The van der Waals surface area contributed by atoms with Gasteiger partial charge >= 0.3 is 11.9 Å². The van der Waals surface area contributed by atoms with Gasteiger partial charge < -0.3 is 25.4 Å². The lowest BCUT2D eigenvalue weighted by atomic mass is 9.80. The fraction of sp³-hybridized carbons (Fsp3) is 0.500. The predicted octanol–water partition coefficient (Wildman–Crippen LogP) is 7.51. The van der Waals surface area contributed by atoms with E-state index in [1.54, 1.807) is 36.4 Å². The van der Waals surface area contributed by atoms with Gasteiger partial charge in [0.25, 0.3) is 11.8 Å². The van der Waals surface area contributed by atoms with Gasteiger partial charge in [-0.05, 0) is 107 Å². The quantitative estimate of drug-likeness (QED) is 0.118. The normalized spacial score (nSPS) is 24.2. The number of halogens is 2. The predicted molar refractivity (Wildman–Crippen MR) is 226 cm³/mol. The van der Waals surface area contributed by atoms with Crippen LogP contribution in [0.5, 0.6) is 0 Å². The number of fused-ring (bicyclic) bond motifs is 4. The van der Waals surface area contributed by atoms with Gasteiger partial charge in [-0.1, -0.05) is 47.5 Å². The minimum atomic E-state index is -0.740. The van der Waals surface area contributed by atoms with E-state index in [1.807, 2.05) is 22.4 Å². The van der Waals surface area contributed by atoms with Crippen LogP contribution in [0.25, 0.3) is 11.1 Å². The highest BCUT2D eigenvalue weighted by atomic mass is 35.5. The van der Waals surface area contributed by atoms with Crippen LogP contribution in [0, 0.1) is 16.7 Å². The van der Waals surface area contributed by atoms with Crippen molar-refractivity contribution < 1.29 is 29.4 Å². The molecule has 14 nitrogen and oxygen atoms in total. The Morgan fingerprint density at radius 1 is 0.867 bits per heavy atom. The Labute approximate surface area is 358 Å². The standard InChI is InChI=1S/C44H50Cl2N8O6/c1-51-33-12-19-52(22-17-43-13-15-44(25-43,16-14-43)42(59)60)24-32(33)47-38(51)40(56)49-30-8-3-6-28(37(30)46)27-5-2-7-29(36(27)45)48-39(55)31-23-35-34(9-4-18-54(35)50-31)53-20-10-26(11-21-53)41(57)58/h2-3,5-8,23,26,34H,4,9-22,24-25H2,1H3,(H,48,55)(H,49,56)(H,57,58)(H,59,60). The number of amides is 2. The summed E-state index contributed by atoms with van der Waals surface area (Å²) in [7, 11) is 1.86. The number of aromatic nitrogens is 4. The van der Waals surface area contributed by atoms with Crippen LogP contribution in [0.3, 0.4) is 0 Å². The van der Waals surface area contributed by atoms with E-state index < -0.39 is 23.3 Å². The summed E-state index contributed by atoms with van der Waals surface area (Å²) in [5, 5.41) is 30.4. The highest BCUT2D eigenvalue weighted by molar-refractivity contribution is 6.40. The minimum absolute atomic E-state index is 0.0708. The second-order valence-electron chi connectivity index (χ2n) is 17.7. The summed E-state index contributed by atoms with van der Waals surface area (Å²) in [6, 6.07) is 12.5. The number of carboxylic acids is 2. The Hall–Kier alpha value is -4.76. The summed E-state index contributed by atoms with van der Waals surface area (Å²) in [4.78, 5) is 60.4. The van der Waals surface area contributed by atoms with E-state index in [2.05, 4.69) is 25.5 Å². The Bertz CT molecular complexity index is 2380. The van der Waals surface area contributed by atoms with Gasteiger partial charge in [-0.2, -0.15) is 5.10 Å². The third-order valence-electron chi connectivity index (χ3n) is 14.3. The lowest BCUT2D eigenvalue weighted by Gasteiger charge is -2.38. The second kappa shape index (κ2) is 15.9. The molecule has 3 fully saturated rings. The number of nitrogens with one attached hydrogen (secondary N) is 2. The molecular formula is C44H50Cl2N8O6. The number of rotatable bonds is 11. The molecule has 5 aliphatic rings. The Morgan fingerprint density at radius 3 is 2.17 bits per heavy atom. The van der Waals surface area contributed by atoms with Crippen molar-refractivity contribution >= 4 is 58.3 Å². The molecule has 2 aromatic carbocycles. The van der Waals surface area contributed by atoms with Crippen LogP contribution in [-0.4, -0.2) is 89.3 Å². The average molecular weight is 858 g/mol. The van der Waals surface area contributed by atoms with E-state index in [9.17, 15) is 29.4 Å². The number of imidazole rings is 1. The maximum absolute atomic E-state index is 13.8. The largest absolute Gasteiger partial charge is 0.481 e. The van der Waals surface area contributed by atoms with Crippen molar-refractivity contribution in [2.24, 2.45) is 23.8 Å². The van der Waals surface area contributed by atoms with Crippen LogP contribution in [0.4, 0.5) is 11.4 Å². The summed E-state index contributed by atoms with van der Waals surface area (Å²) >= 11 is 14.0. The lowest BCUT2D eigenvalue weighted by molar-refractivity contribution is -0.148. The number of carbonyl (C=O) groups is 4. The number of hydrogen-bond acceptors (Lipinski definition) is 8. The molecule has 2 saturated carbocycles. The van der Waals surface area contributed by atoms with E-state index in [0.717, 1.165) is 88.0 Å². The van der Waals surface area contributed by atoms with Crippen molar-refractivity contribution in [3.8, 4) is 11.1 Å². The fourth-order valence-electron chi connectivity index (χ4n) is 10.8. The first-order valence-electron chi connectivity index (χ1n) is 21.1. The maximum Gasteiger partial charge on any atom is 0.309 e. The van der Waals surface area contributed by atoms with Crippen molar-refractivity contribution in [2.45, 2.75) is 89.8 Å². The summed E-state index contributed by atoms with van der Waals surface area (Å²) in [5.41, 5.74) is 4.66. The molecule has 2 bridgehead atoms. The molecule has 9 rings (SSSR count). The third-order valence-corrected chi connectivity index (χ3v) is 15.1. The van der Waals surface area contributed by atoms with E-state index in [4.69, 9.17) is 28.2 Å². The van der Waals surface area contributed by atoms with Gasteiger partial charge in [-0.15, -0.1) is 0 Å². The van der Waals surface area contributed by atoms with Gasteiger partial charge in [-0.25, -0.2) is 4.98 Å². The van der Waals surface area contributed by atoms with Crippen molar-refractivity contribution in [3.63, 3.8) is 0 Å². The molecule has 1 atom stereocenters. The first-order chi connectivity index (χ1) is 28.8. The van der Waals surface area contributed by atoms with Gasteiger partial charge in [-0.3, -0.25) is 33.7 Å². The molecule has 5 heterocycles. The van der Waals surface area contributed by atoms with Crippen LogP contribution in [0.15, 0.2) is 42.5 Å². The number of aryl methyl sites for hydroxylation is 1. The maximum atomic E-state index is 13.8. The molecule has 2 aromatic heterocycles. The van der Waals surface area contributed by atoms with Gasteiger partial charge in [0.2, 0.25) is 0 Å². The van der Waals surface area contributed by atoms with Crippen LogP contribution < -0.4 is 10.6 Å². The number of likely N-dealkylation sites (tertiary alicyclic amines) is 1. The van der Waals surface area contributed by atoms with Crippen molar-refractivity contribution in [3.05, 3.63) is 81.1 Å². The highest BCUT2D eigenvalue weighted by Gasteiger charge is 2.57. The van der Waals surface area contributed by atoms with Crippen molar-refractivity contribution in [1.82, 2.24) is 29.1 Å². The van der Waals surface area contributed by atoms with Crippen molar-refractivity contribution in [1.29, 1.82) is 0 Å². The Kier molecular flexibility index (Phi) is 10.8. The summed E-state index contributed by atoms with van der Waals surface area (Å²) in [6.07, 6.45) is 9.12. The molecule has 4 N–H and O–H groups in total. The van der Waals surface area contributed by atoms with Crippen LogP contribution in [0.2, 0.25) is 10.0 Å². The zero-order valence-corrected chi connectivity index (χ0v) is 35.2. The number of piperidine rings is 1. The number of nitrogens with zero attached hydrogens (tertiary/aromatic N) is 6. The lowest BCUT2D eigenvalue weighted by Crippen LogP contribution is -2.40. The molecule has 316 valence electrons. The fourth-order valence-corrected chi connectivity index (χ4v) is 11.3. The SMILES string of the molecule is Cn1c(C(=O)Nc2cccc(-c3cccc(NC(=O)c4cc5n(n4)CCCC5N4CCC(C(=O)O)CC4)c3Cl)c2Cl)nc2c1CCN(CCC13CCC(C(=O)O)(CC1)C3)C2. The molecule has 2 amide bonds. The second-order valence-corrected chi connectivity index (χ2v) is 18.4. The molecule has 1 unspecified atom stereocenters. The first-order valence-corrected chi connectivity index (χ1v) is 21.8. The van der Waals surface area contributed by atoms with E-state index in [0.29, 0.717) is 61.5 Å². The third kappa shape index (κ3) is 7.39. The molecule has 1 saturated heterocycles. The Morgan fingerprint density at radius 2 is 1.53 bits per heavy atom. The number of benzene rings is 2. The highest BCUT2D eigenvalue weighted by Crippen LogP contribution is 2.63. The summed E-state index contributed by atoms with van der Waals surface area (Å²) < 4.78 is 3.75. The van der Waals surface area contributed by atoms with E-state index >= 15 is 0 Å². The van der Waals surface area contributed by atoms with Crippen molar-refractivity contribution in [2.75, 3.05) is 36.8 Å². The smallest absolute Gasteiger partial charge is 0.309 e. The molecule has 16 heteroatoms. The number of aliphatic carboxylic acids is 2. The number of hydrogen-bond donors (Lipinski definition) is 4. The average Bonchev–Trinajstić information content (AvgIpc) is 4.03. The monoisotopic (exact) mass is 856 g/mol. The first kappa shape index (κ1) is 40.6. The van der Waals surface area contributed by atoms with Gasteiger partial charge in [0.15, 0.2) is 11.5 Å². The van der Waals surface area contributed by atoms with Crippen LogP contribution in [0.1, 0.15) is 108 Å². The molecule has 3 aliphatic heterocycles. The van der Waals surface area contributed by atoms with Crippen LogP contribution >= 0.6 is 23.2 Å². The van der Waals surface area contributed by atoms with E-state index in [-0.39, 0.29) is 44.8 Å². The van der Waals surface area contributed by atoms with Gasteiger partial charge in [0.05, 0.1) is 50.2 Å². The Balaban J connectivity index is 0.857. The molecule has 60 heavy (non-hydrogen) atoms.